The third-order valence-corrected chi connectivity index (χ3v) is 6.49. The number of nitrogens with zero attached hydrogens (tertiary/aromatic N) is 2. The first-order valence-corrected chi connectivity index (χ1v) is 13.7. The minimum Gasteiger partial charge on any atom is -0.508 e. The number of benzene rings is 1. The molecule has 1 aliphatic heterocycles. The summed E-state index contributed by atoms with van der Waals surface area (Å²) < 4.78 is 0. The number of rotatable bonds is 19. The van der Waals surface area contributed by atoms with Crippen molar-refractivity contribution in [1.29, 1.82) is 0 Å². The van der Waals surface area contributed by atoms with E-state index in [1.54, 1.807) is 12.1 Å². The molecule has 0 aromatic heterocycles. The fourth-order valence-electron chi connectivity index (χ4n) is 4.38. The van der Waals surface area contributed by atoms with Crippen LogP contribution < -0.4 is 5.32 Å². The molecule has 2 N–H and O–H groups in total. The smallest absolute Gasteiger partial charge is 0.251 e. The van der Waals surface area contributed by atoms with Gasteiger partial charge < -0.3 is 15.3 Å². The van der Waals surface area contributed by atoms with E-state index < -0.39 is 0 Å². The lowest BCUT2D eigenvalue weighted by molar-refractivity contribution is 0.0951. The lowest BCUT2D eigenvalue weighted by Crippen LogP contribution is -2.36. The summed E-state index contributed by atoms with van der Waals surface area (Å²) in [4.78, 5) is 19.2. The molecule has 5 heteroatoms. The van der Waals surface area contributed by atoms with Gasteiger partial charge in [0, 0.05) is 31.6 Å². The van der Waals surface area contributed by atoms with Crippen LogP contribution in [0.5, 0.6) is 5.75 Å². The van der Waals surface area contributed by atoms with Gasteiger partial charge in [-0.15, -0.1) is 0 Å². The molecule has 0 atom stereocenters. The topological polar surface area (TPSA) is 64.9 Å². The van der Waals surface area contributed by atoms with Gasteiger partial charge in [-0.1, -0.05) is 70.4 Å². The Morgan fingerprint density at radius 2 is 1.56 bits per heavy atom. The van der Waals surface area contributed by atoms with Crippen molar-refractivity contribution >= 4 is 11.7 Å². The van der Waals surface area contributed by atoms with Crippen LogP contribution in [-0.2, 0) is 0 Å². The van der Waals surface area contributed by atoms with Crippen molar-refractivity contribution in [2.75, 3.05) is 26.2 Å². The van der Waals surface area contributed by atoms with Crippen LogP contribution in [0.2, 0.25) is 0 Å². The highest BCUT2D eigenvalue weighted by Gasteiger charge is 2.16. The molecule has 1 amide bonds. The van der Waals surface area contributed by atoms with Crippen molar-refractivity contribution in [2.24, 2.45) is 4.99 Å². The van der Waals surface area contributed by atoms with Crippen LogP contribution in [0.25, 0.3) is 0 Å². The highest BCUT2D eigenvalue weighted by atomic mass is 16.3. The van der Waals surface area contributed by atoms with E-state index in [1.165, 1.54) is 101 Å². The number of phenolic OH excluding ortho intramolecular Hbond substituents is 1. The van der Waals surface area contributed by atoms with Crippen LogP contribution in [-0.4, -0.2) is 47.9 Å². The van der Waals surface area contributed by atoms with Gasteiger partial charge in [0.1, 0.15) is 5.75 Å². The second-order valence-electron chi connectivity index (χ2n) is 9.42. The Labute approximate surface area is 207 Å². The van der Waals surface area contributed by atoms with Gasteiger partial charge in [0.05, 0.1) is 12.4 Å². The van der Waals surface area contributed by atoms with Gasteiger partial charge in [-0.25, -0.2) is 0 Å². The molecule has 0 radical (unpaired) electrons. The number of phenols is 1. The van der Waals surface area contributed by atoms with Crippen molar-refractivity contribution < 1.29 is 9.90 Å². The second-order valence-corrected chi connectivity index (χ2v) is 9.42. The zero-order valence-electron chi connectivity index (χ0n) is 21.4. The van der Waals surface area contributed by atoms with E-state index in [4.69, 9.17) is 0 Å². The number of hydrogen-bond donors (Lipinski definition) is 2. The van der Waals surface area contributed by atoms with Crippen molar-refractivity contribution in [1.82, 2.24) is 10.2 Å². The van der Waals surface area contributed by atoms with Gasteiger partial charge in [-0.3, -0.25) is 9.79 Å². The number of allylic oxidation sites excluding steroid dienone is 2. The number of carbonyl (C=O) groups excluding carboxylic acids is 1. The number of aliphatic imine (C=N–C) groups is 1. The van der Waals surface area contributed by atoms with Crippen LogP contribution in [0.3, 0.4) is 0 Å². The third kappa shape index (κ3) is 12.2. The Morgan fingerprint density at radius 1 is 0.941 bits per heavy atom. The van der Waals surface area contributed by atoms with Crippen molar-refractivity contribution in [3.8, 4) is 5.75 Å². The Hall–Kier alpha value is -2.30. The summed E-state index contributed by atoms with van der Waals surface area (Å²) in [5.74, 6) is 1.27. The molecule has 1 aromatic rings. The summed E-state index contributed by atoms with van der Waals surface area (Å²) in [6.07, 6.45) is 23.0. The molecule has 0 saturated heterocycles. The normalized spacial score (nSPS) is 13.6. The number of amides is 1. The number of carbonyl (C=O) groups is 1. The minimum absolute atomic E-state index is 0.102. The molecule has 34 heavy (non-hydrogen) atoms. The zero-order valence-corrected chi connectivity index (χ0v) is 21.4. The first-order chi connectivity index (χ1) is 16.7. The molecular formula is C29H47N3O2. The minimum atomic E-state index is -0.102. The summed E-state index contributed by atoms with van der Waals surface area (Å²) in [5.41, 5.74) is 0.571. The second kappa shape index (κ2) is 18.1. The van der Waals surface area contributed by atoms with Crippen LogP contribution in [0.15, 0.2) is 41.4 Å². The van der Waals surface area contributed by atoms with Gasteiger partial charge in [0.2, 0.25) is 0 Å². The molecule has 1 heterocycles. The number of amidine groups is 1. The lowest BCUT2D eigenvalue weighted by atomic mass is 10.1. The summed E-state index contributed by atoms with van der Waals surface area (Å²) in [7, 11) is 0. The van der Waals surface area contributed by atoms with Crippen LogP contribution in [0, 0.1) is 0 Å². The van der Waals surface area contributed by atoms with Gasteiger partial charge in [0.25, 0.3) is 5.91 Å². The summed E-state index contributed by atoms with van der Waals surface area (Å²) in [6, 6.07) is 6.35. The van der Waals surface area contributed by atoms with Gasteiger partial charge in [-0.05, 0) is 56.4 Å². The van der Waals surface area contributed by atoms with E-state index >= 15 is 0 Å². The number of aromatic hydroxyl groups is 1. The SMILES string of the molecule is CCCCCCCC/C=C/CCCCCCCC1=NCCN1CCNC(=O)c1ccc(O)cc1. The fraction of sp³-hybridized carbons (Fsp3) is 0.655. The van der Waals surface area contributed by atoms with Crippen LogP contribution >= 0.6 is 0 Å². The highest BCUT2D eigenvalue weighted by Crippen LogP contribution is 2.13. The lowest BCUT2D eigenvalue weighted by Gasteiger charge is -2.20. The van der Waals surface area contributed by atoms with Gasteiger partial charge in [-0.2, -0.15) is 0 Å². The van der Waals surface area contributed by atoms with Gasteiger partial charge in [0.15, 0.2) is 0 Å². The Bertz CT molecular complexity index is 727. The van der Waals surface area contributed by atoms with Crippen LogP contribution in [0.4, 0.5) is 0 Å². The molecule has 0 saturated carbocycles. The maximum absolute atomic E-state index is 12.2. The molecule has 0 bridgehead atoms. The Kier molecular flexibility index (Phi) is 14.9. The molecule has 0 spiro atoms. The average molecular weight is 470 g/mol. The number of nitrogens with one attached hydrogen (secondary N) is 1. The molecule has 1 aliphatic rings. The fourth-order valence-corrected chi connectivity index (χ4v) is 4.38. The maximum Gasteiger partial charge on any atom is 0.251 e. The summed E-state index contributed by atoms with van der Waals surface area (Å²) in [6.45, 7) is 5.50. The van der Waals surface area contributed by atoms with Crippen molar-refractivity contribution in [3.05, 3.63) is 42.0 Å². The largest absolute Gasteiger partial charge is 0.508 e. The zero-order chi connectivity index (χ0) is 24.3. The average Bonchev–Trinajstić information content (AvgIpc) is 3.29. The molecular weight excluding hydrogens is 422 g/mol. The first-order valence-electron chi connectivity index (χ1n) is 13.7. The molecule has 2 rings (SSSR count). The predicted molar refractivity (Wildman–Crippen MR) is 144 cm³/mol. The molecule has 190 valence electrons. The Balaban J connectivity index is 1.44. The van der Waals surface area contributed by atoms with Crippen molar-refractivity contribution in [3.63, 3.8) is 0 Å². The quantitative estimate of drug-likeness (QED) is 0.172. The summed E-state index contributed by atoms with van der Waals surface area (Å²) in [5, 5.41) is 12.3. The first kappa shape index (κ1) is 27.9. The molecule has 0 aliphatic carbocycles. The van der Waals surface area contributed by atoms with Crippen LogP contribution in [0.1, 0.15) is 107 Å². The predicted octanol–water partition coefficient (Wildman–Crippen LogP) is 6.87. The van der Waals surface area contributed by atoms with E-state index in [1.807, 2.05) is 0 Å². The molecule has 5 nitrogen and oxygen atoms in total. The van der Waals surface area contributed by atoms with E-state index in [9.17, 15) is 9.90 Å². The highest BCUT2D eigenvalue weighted by molar-refractivity contribution is 5.94. The third-order valence-electron chi connectivity index (χ3n) is 6.49. The molecule has 0 unspecified atom stereocenters. The van der Waals surface area contributed by atoms with E-state index in [2.05, 4.69) is 34.3 Å². The van der Waals surface area contributed by atoms with E-state index in [-0.39, 0.29) is 11.7 Å². The maximum atomic E-state index is 12.2. The standard InChI is InChI=1S/C29H47N3O2/c1-2-3-4-5-6-7-8-9-10-11-12-13-14-15-16-17-28-30-22-24-32(28)25-23-31-29(34)26-18-20-27(33)21-19-26/h9-10,18-21,33H,2-8,11-17,22-25H2,1H3,(H,31,34)/b10-9+. The van der Waals surface area contributed by atoms with E-state index in [0.717, 1.165) is 26.1 Å². The van der Waals surface area contributed by atoms with E-state index in [0.29, 0.717) is 12.1 Å². The van der Waals surface area contributed by atoms with Crippen molar-refractivity contribution in [2.45, 2.75) is 96.8 Å². The monoisotopic (exact) mass is 469 g/mol. The Morgan fingerprint density at radius 3 is 2.24 bits per heavy atom. The number of hydrogen-bond acceptors (Lipinski definition) is 4. The molecule has 0 fully saturated rings. The van der Waals surface area contributed by atoms with Gasteiger partial charge >= 0.3 is 0 Å². The summed E-state index contributed by atoms with van der Waals surface area (Å²) >= 11 is 0. The number of unbranched alkanes of at least 4 members (excludes halogenated alkanes) is 11. The molecule has 1 aromatic carbocycles.